The average Bonchev–Trinajstić information content (AvgIpc) is 2.67. The number of methoxy groups -OCH3 is 1. The number of ether oxygens (including phenoxy) is 3. The summed E-state index contributed by atoms with van der Waals surface area (Å²) in [6.45, 7) is 0.764. The first-order chi connectivity index (χ1) is 12.2. The smallest absolute Gasteiger partial charge is 0.121 e. The van der Waals surface area contributed by atoms with Crippen molar-refractivity contribution < 1.29 is 19.3 Å². The SMILES string of the molecule is COc1ccc(COCC(O)COc2ccc3nccnc3c2)cc1. The van der Waals surface area contributed by atoms with Crippen LogP contribution in [0.3, 0.4) is 0 Å². The maximum Gasteiger partial charge on any atom is 0.121 e. The van der Waals surface area contributed by atoms with Gasteiger partial charge in [0.1, 0.15) is 24.2 Å². The van der Waals surface area contributed by atoms with Gasteiger partial charge in [-0.1, -0.05) is 12.1 Å². The summed E-state index contributed by atoms with van der Waals surface area (Å²) in [6.07, 6.45) is 2.57. The Morgan fingerprint density at radius 2 is 1.64 bits per heavy atom. The Morgan fingerprint density at radius 3 is 2.40 bits per heavy atom. The maximum atomic E-state index is 9.99. The number of aliphatic hydroxyl groups excluding tert-OH is 1. The van der Waals surface area contributed by atoms with Gasteiger partial charge in [-0.2, -0.15) is 0 Å². The van der Waals surface area contributed by atoms with Gasteiger partial charge in [0.25, 0.3) is 0 Å². The van der Waals surface area contributed by atoms with Gasteiger partial charge >= 0.3 is 0 Å². The summed E-state index contributed by atoms with van der Waals surface area (Å²) in [4.78, 5) is 8.43. The molecule has 0 saturated heterocycles. The first-order valence-corrected chi connectivity index (χ1v) is 7.97. The Balaban J connectivity index is 1.43. The van der Waals surface area contributed by atoms with Crippen molar-refractivity contribution in [1.29, 1.82) is 0 Å². The van der Waals surface area contributed by atoms with E-state index in [-0.39, 0.29) is 13.2 Å². The normalized spacial score (nSPS) is 12.1. The molecule has 0 amide bonds. The third-order valence-electron chi connectivity index (χ3n) is 3.62. The van der Waals surface area contributed by atoms with Crippen LogP contribution in [0, 0.1) is 0 Å². The third-order valence-corrected chi connectivity index (χ3v) is 3.62. The second kappa shape index (κ2) is 8.41. The summed E-state index contributed by atoms with van der Waals surface area (Å²) in [6, 6.07) is 13.1. The second-order valence-electron chi connectivity index (χ2n) is 5.53. The number of hydrogen-bond donors (Lipinski definition) is 1. The van der Waals surface area contributed by atoms with Crippen molar-refractivity contribution in [1.82, 2.24) is 9.97 Å². The summed E-state index contributed by atoms with van der Waals surface area (Å²) in [5, 5.41) is 9.99. The molecule has 130 valence electrons. The Morgan fingerprint density at radius 1 is 0.920 bits per heavy atom. The molecule has 0 spiro atoms. The molecule has 1 atom stereocenters. The van der Waals surface area contributed by atoms with Crippen LogP contribution in [0.1, 0.15) is 5.56 Å². The molecule has 0 bridgehead atoms. The van der Waals surface area contributed by atoms with Gasteiger partial charge in [-0.05, 0) is 29.8 Å². The predicted molar refractivity (Wildman–Crippen MR) is 93.7 cm³/mol. The van der Waals surface area contributed by atoms with Crippen molar-refractivity contribution in [2.45, 2.75) is 12.7 Å². The molecule has 25 heavy (non-hydrogen) atoms. The van der Waals surface area contributed by atoms with Crippen molar-refractivity contribution in [3.8, 4) is 11.5 Å². The highest BCUT2D eigenvalue weighted by Gasteiger charge is 2.07. The van der Waals surface area contributed by atoms with E-state index < -0.39 is 6.10 Å². The summed E-state index contributed by atoms with van der Waals surface area (Å²) < 4.78 is 16.2. The third kappa shape index (κ3) is 4.89. The quantitative estimate of drug-likeness (QED) is 0.679. The molecule has 1 heterocycles. The molecule has 0 aliphatic heterocycles. The van der Waals surface area contributed by atoms with E-state index in [1.54, 1.807) is 25.6 Å². The van der Waals surface area contributed by atoms with Crippen molar-refractivity contribution >= 4 is 11.0 Å². The standard InChI is InChI=1S/C19H20N2O4/c1-23-16-4-2-14(3-5-16)11-24-12-15(22)13-25-17-6-7-18-19(10-17)21-9-8-20-18/h2-10,15,22H,11-13H2,1H3. The minimum atomic E-state index is -0.712. The molecule has 0 radical (unpaired) electrons. The number of benzene rings is 2. The Kier molecular flexibility index (Phi) is 5.77. The first kappa shape index (κ1) is 17.1. The molecule has 0 aliphatic rings. The van der Waals surface area contributed by atoms with E-state index in [1.807, 2.05) is 36.4 Å². The highest BCUT2D eigenvalue weighted by molar-refractivity contribution is 5.75. The zero-order chi connectivity index (χ0) is 17.5. The van der Waals surface area contributed by atoms with E-state index >= 15 is 0 Å². The van der Waals surface area contributed by atoms with Crippen LogP contribution in [0.4, 0.5) is 0 Å². The molecule has 1 unspecified atom stereocenters. The number of aliphatic hydroxyl groups is 1. The molecule has 1 N–H and O–H groups in total. The van der Waals surface area contributed by atoms with Gasteiger partial charge in [0, 0.05) is 18.5 Å². The van der Waals surface area contributed by atoms with E-state index in [0.29, 0.717) is 12.4 Å². The van der Waals surface area contributed by atoms with Gasteiger partial charge in [-0.3, -0.25) is 9.97 Å². The fourth-order valence-corrected chi connectivity index (χ4v) is 2.31. The van der Waals surface area contributed by atoms with Crippen LogP contribution in [-0.2, 0) is 11.3 Å². The number of hydrogen-bond acceptors (Lipinski definition) is 6. The summed E-state index contributed by atoms with van der Waals surface area (Å²) in [7, 11) is 1.63. The van der Waals surface area contributed by atoms with Crippen LogP contribution < -0.4 is 9.47 Å². The Labute approximate surface area is 146 Å². The van der Waals surface area contributed by atoms with Crippen LogP contribution in [0.2, 0.25) is 0 Å². The molecular weight excluding hydrogens is 320 g/mol. The molecular formula is C19H20N2O4. The summed E-state index contributed by atoms with van der Waals surface area (Å²) >= 11 is 0. The zero-order valence-electron chi connectivity index (χ0n) is 14.0. The van der Waals surface area contributed by atoms with Crippen molar-refractivity contribution in [3.63, 3.8) is 0 Å². The topological polar surface area (TPSA) is 73.7 Å². The Bertz CT molecular complexity index is 808. The van der Waals surface area contributed by atoms with Crippen molar-refractivity contribution in [3.05, 3.63) is 60.4 Å². The second-order valence-corrected chi connectivity index (χ2v) is 5.53. The molecule has 0 saturated carbocycles. The monoisotopic (exact) mass is 340 g/mol. The van der Waals surface area contributed by atoms with Gasteiger partial charge in [0.15, 0.2) is 0 Å². The Hall–Kier alpha value is -2.70. The van der Waals surface area contributed by atoms with Gasteiger partial charge in [0.2, 0.25) is 0 Å². The van der Waals surface area contributed by atoms with E-state index in [1.165, 1.54) is 0 Å². The first-order valence-electron chi connectivity index (χ1n) is 7.97. The predicted octanol–water partition coefficient (Wildman–Crippen LogP) is 2.59. The fraction of sp³-hybridized carbons (Fsp3) is 0.263. The van der Waals surface area contributed by atoms with E-state index in [0.717, 1.165) is 22.3 Å². The molecule has 6 heteroatoms. The van der Waals surface area contributed by atoms with Crippen molar-refractivity contribution in [2.75, 3.05) is 20.3 Å². The largest absolute Gasteiger partial charge is 0.497 e. The lowest BCUT2D eigenvalue weighted by molar-refractivity contribution is 0.00550. The van der Waals surface area contributed by atoms with Gasteiger partial charge in [-0.15, -0.1) is 0 Å². The minimum Gasteiger partial charge on any atom is -0.497 e. The highest BCUT2D eigenvalue weighted by atomic mass is 16.5. The maximum absolute atomic E-state index is 9.99. The van der Waals surface area contributed by atoms with Gasteiger partial charge < -0.3 is 19.3 Å². The molecule has 6 nitrogen and oxygen atoms in total. The lowest BCUT2D eigenvalue weighted by atomic mass is 10.2. The van der Waals surface area contributed by atoms with E-state index in [4.69, 9.17) is 14.2 Å². The van der Waals surface area contributed by atoms with Crippen LogP contribution in [0.5, 0.6) is 11.5 Å². The van der Waals surface area contributed by atoms with Crippen LogP contribution in [-0.4, -0.2) is 41.5 Å². The molecule has 2 aromatic carbocycles. The molecule has 1 aromatic heterocycles. The summed E-state index contributed by atoms with van der Waals surface area (Å²) in [5.41, 5.74) is 2.57. The minimum absolute atomic E-state index is 0.147. The number of fused-ring (bicyclic) bond motifs is 1. The number of rotatable bonds is 8. The van der Waals surface area contributed by atoms with Crippen LogP contribution in [0.25, 0.3) is 11.0 Å². The molecule has 0 aliphatic carbocycles. The molecule has 3 rings (SSSR count). The lowest BCUT2D eigenvalue weighted by Crippen LogP contribution is -2.23. The lowest BCUT2D eigenvalue weighted by Gasteiger charge is -2.13. The van der Waals surface area contributed by atoms with E-state index in [2.05, 4.69) is 9.97 Å². The zero-order valence-corrected chi connectivity index (χ0v) is 14.0. The van der Waals surface area contributed by atoms with E-state index in [9.17, 15) is 5.11 Å². The number of aromatic nitrogens is 2. The molecule has 0 fully saturated rings. The number of nitrogens with zero attached hydrogens (tertiary/aromatic N) is 2. The molecule has 3 aromatic rings. The summed E-state index contributed by atoms with van der Waals surface area (Å²) in [5.74, 6) is 1.44. The van der Waals surface area contributed by atoms with Gasteiger partial charge in [-0.25, -0.2) is 0 Å². The average molecular weight is 340 g/mol. The van der Waals surface area contributed by atoms with Crippen LogP contribution in [0.15, 0.2) is 54.9 Å². The van der Waals surface area contributed by atoms with Crippen molar-refractivity contribution in [2.24, 2.45) is 0 Å². The van der Waals surface area contributed by atoms with Gasteiger partial charge in [0.05, 0.1) is 31.4 Å². The highest BCUT2D eigenvalue weighted by Crippen LogP contribution is 2.17. The fourth-order valence-electron chi connectivity index (χ4n) is 2.31. The van der Waals surface area contributed by atoms with Crippen LogP contribution >= 0.6 is 0 Å².